The fraction of sp³-hybridized carbons (Fsp3) is 0.727. The number of anilines is 1. The van der Waals surface area contributed by atoms with Crippen molar-refractivity contribution < 1.29 is 9.21 Å². The number of likely N-dealkylation sites (tertiary alicyclic amines) is 1. The molecule has 1 aliphatic rings. The lowest BCUT2D eigenvalue weighted by Crippen LogP contribution is -2.48. The molecule has 2 rings (SSSR count). The molecule has 3 N–H and O–H groups in total. The normalized spacial score (nSPS) is 25.1. The Labute approximate surface area is 106 Å². The van der Waals surface area contributed by atoms with E-state index in [0.717, 1.165) is 19.5 Å². The van der Waals surface area contributed by atoms with Gasteiger partial charge in [-0.15, -0.1) is 5.10 Å². The molecule has 0 aromatic carbocycles. The predicted molar refractivity (Wildman–Crippen MR) is 65.9 cm³/mol. The van der Waals surface area contributed by atoms with Crippen LogP contribution in [0.4, 0.5) is 6.01 Å². The fourth-order valence-electron chi connectivity index (χ4n) is 2.10. The van der Waals surface area contributed by atoms with E-state index in [1.54, 1.807) is 6.92 Å². The standard InChI is InChI=1S/C11H19N5O2/c1-7-5-16(4-3-9(7)12)6-10(17)13-11-15-14-8(2)18-11/h7,9H,3-6,12H2,1-2H3,(H,13,15,17). The maximum absolute atomic E-state index is 11.8. The van der Waals surface area contributed by atoms with Crippen LogP contribution in [0, 0.1) is 12.8 Å². The van der Waals surface area contributed by atoms with Gasteiger partial charge in [0.1, 0.15) is 0 Å². The number of amides is 1. The van der Waals surface area contributed by atoms with Crippen LogP contribution in [-0.4, -0.2) is 46.7 Å². The first-order chi connectivity index (χ1) is 8.54. The second-order valence-electron chi connectivity index (χ2n) is 4.84. The second-order valence-corrected chi connectivity index (χ2v) is 4.84. The topological polar surface area (TPSA) is 97.3 Å². The van der Waals surface area contributed by atoms with Gasteiger partial charge in [-0.2, -0.15) is 0 Å². The number of carbonyl (C=O) groups is 1. The van der Waals surface area contributed by atoms with Crippen molar-refractivity contribution in [1.29, 1.82) is 0 Å². The third kappa shape index (κ3) is 3.27. The molecule has 100 valence electrons. The molecule has 1 amide bonds. The summed E-state index contributed by atoms with van der Waals surface area (Å²) in [7, 11) is 0. The maximum atomic E-state index is 11.8. The molecule has 0 spiro atoms. The second kappa shape index (κ2) is 5.45. The van der Waals surface area contributed by atoms with Crippen LogP contribution in [0.3, 0.4) is 0 Å². The first-order valence-corrected chi connectivity index (χ1v) is 6.12. The van der Waals surface area contributed by atoms with E-state index in [-0.39, 0.29) is 18.0 Å². The average Bonchev–Trinajstić information content (AvgIpc) is 2.69. The molecule has 0 saturated carbocycles. The van der Waals surface area contributed by atoms with Gasteiger partial charge in [0, 0.05) is 26.1 Å². The zero-order valence-corrected chi connectivity index (χ0v) is 10.7. The number of hydrogen-bond donors (Lipinski definition) is 2. The third-order valence-corrected chi connectivity index (χ3v) is 3.20. The number of rotatable bonds is 3. The van der Waals surface area contributed by atoms with Gasteiger partial charge in [-0.1, -0.05) is 12.0 Å². The molecule has 2 atom stereocenters. The lowest BCUT2D eigenvalue weighted by Gasteiger charge is -2.34. The van der Waals surface area contributed by atoms with E-state index in [0.29, 0.717) is 18.4 Å². The van der Waals surface area contributed by atoms with Gasteiger partial charge in [0.05, 0.1) is 6.54 Å². The van der Waals surface area contributed by atoms with E-state index < -0.39 is 0 Å². The molecule has 7 heteroatoms. The molecular weight excluding hydrogens is 234 g/mol. The minimum absolute atomic E-state index is 0.138. The molecule has 18 heavy (non-hydrogen) atoms. The van der Waals surface area contributed by atoms with Crippen molar-refractivity contribution in [1.82, 2.24) is 15.1 Å². The van der Waals surface area contributed by atoms with Crippen molar-refractivity contribution in [3.63, 3.8) is 0 Å². The molecule has 1 aliphatic heterocycles. The maximum Gasteiger partial charge on any atom is 0.322 e. The van der Waals surface area contributed by atoms with Crippen LogP contribution in [0.2, 0.25) is 0 Å². The molecule has 2 heterocycles. The summed E-state index contributed by atoms with van der Waals surface area (Å²) in [5.74, 6) is 0.710. The molecule has 1 fully saturated rings. The van der Waals surface area contributed by atoms with Gasteiger partial charge in [-0.3, -0.25) is 15.0 Å². The average molecular weight is 253 g/mol. The summed E-state index contributed by atoms with van der Waals surface area (Å²) in [6, 6.07) is 0.391. The van der Waals surface area contributed by atoms with Crippen molar-refractivity contribution in [2.75, 3.05) is 25.0 Å². The van der Waals surface area contributed by atoms with Crippen molar-refractivity contribution in [2.45, 2.75) is 26.3 Å². The number of nitrogens with two attached hydrogens (primary N) is 1. The lowest BCUT2D eigenvalue weighted by atomic mass is 9.95. The van der Waals surface area contributed by atoms with Gasteiger partial charge in [0.2, 0.25) is 11.8 Å². The summed E-state index contributed by atoms with van der Waals surface area (Å²) in [4.78, 5) is 13.9. The van der Waals surface area contributed by atoms with Crippen LogP contribution in [0.1, 0.15) is 19.2 Å². The van der Waals surface area contributed by atoms with Gasteiger partial charge in [-0.05, 0) is 12.3 Å². The van der Waals surface area contributed by atoms with Gasteiger partial charge >= 0.3 is 6.01 Å². The Balaban J connectivity index is 1.81. The van der Waals surface area contributed by atoms with Crippen LogP contribution in [-0.2, 0) is 4.79 Å². The predicted octanol–water partition coefficient (Wildman–Crippen LogP) is -0.0144. The van der Waals surface area contributed by atoms with Gasteiger partial charge < -0.3 is 10.2 Å². The minimum atomic E-state index is -0.138. The number of piperidine rings is 1. The largest absolute Gasteiger partial charge is 0.408 e. The molecule has 2 unspecified atom stereocenters. The summed E-state index contributed by atoms with van der Waals surface area (Å²) in [5.41, 5.74) is 5.94. The number of carbonyl (C=O) groups excluding carboxylic acids is 1. The molecule has 1 saturated heterocycles. The molecule has 0 bridgehead atoms. The Hall–Kier alpha value is -1.47. The van der Waals surface area contributed by atoms with Crippen LogP contribution >= 0.6 is 0 Å². The van der Waals surface area contributed by atoms with Crippen LogP contribution in [0.15, 0.2) is 4.42 Å². The van der Waals surface area contributed by atoms with E-state index >= 15 is 0 Å². The number of nitrogens with one attached hydrogen (secondary N) is 1. The zero-order chi connectivity index (χ0) is 13.1. The van der Waals surface area contributed by atoms with E-state index in [1.165, 1.54) is 0 Å². The first kappa shape index (κ1) is 13.0. The Morgan fingerprint density at radius 3 is 3.00 bits per heavy atom. The zero-order valence-electron chi connectivity index (χ0n) is 10.7. The van der Waals surface area contributed by atoms with Gasteiger partial charge in [0.15, 0.2) is 0 Å². The van der Waals surface area contributed by atoms with Gasteiger partial charge in [-0.25, -0.2) is 0 Å². The summed E-state index contributed by atoms with van der Waals surface area (Å²) in [6.45, 7) is 5.81. The molecule has 0 aliphatic carbocycles. The Morgan fingerprint density at radius 2 is 2.39 bits per heavy atom. The monoisotopic (exact) mass is 253 g/mol. The number of nitrogens with zero attached hydrogens (tertiary/aromatic N) is 3. The van der Waals surface area contributed by atoms with Crippen LogP contribution in [0.25, 0.3) is 0 Å². The number of aromatic nitrogens is 2. The molecular formula is C11H19N5O2. The van der Waals surface area contributed by atoms with E-state index in [2.05, 4.69) is 27.3 Å². The van der Waals surface area contributed by atoms with Crippen molar-refractivity contribution >= 4 is 11.9 Å². The Morgan fingerprint density at radius 1 is 1.61 bits per heavy atom. The highest BCUT2D eigenvalue weighted by Crippen LogP contribution is 2.14. The Kier molecular flexibility index (Phi) is 3.93. The van der Waals surface area contributed by atoms with E-state index in [9.17, 15) is 4.79 Å². The quantitative estimate of drug-likeness (QED) is 0.786. The fourth-order valence-corrected chi connectivity index (χ4v) is 2.10. The highest BCUT2D eigenvalue weighted by molar-refractivity contribution is 5.90. The number of hydrogen-bond acceptors (Lipinski definition) is 6. The minimum Gasteiger partial charge on any atom is -0.408 e. The van der Waals surface area contributed by atoms with Crippen LogP contribution in [0.5, 0.6) is 0 Å². The van der Waals surface area contributed by atoms with E-state index in [1.807, 2.05) is 0 Å². The molecule has 0 radical (unpaired) electrons. The summed E-state index contributed by atoms with van der Waals surface area (Å²) in [5, 5.41) is 9.95. The number of aryl methyl sites for hydroxylation is 1. The van der Waals surface area contributed by atoms with Gasteiger partial charge in [0.25, 0.3) is 0 Å². The van der Waals surface area contributed by atoms with Crippen molar-refractivity contribution in [3.05, 3.63) is 5.89 Å². The Bertz CT molecular complexity index is 419. The third-order valence-electron chi connectivity index (χ3n) is 3.20. The summed E-state index contributed by atoms with van der Waals surface area (Å²) in [6.07, 6.45) is 0.925. The highest BCUT2D eigenvalue weighted by atomic mass is 16.4. The van der Waals surface area contributed by atoms with Crippen molar-refractivity contribution in [2.24, 2.45) is 11.7 Å². The van der Waals surface area contributed by atoms with Crippen molar-refractivity contribution in [3.8, 4) is 0 Å². The highest BCUT2D eigenvalue weighted by Gasteiger charge is 2.24. The summed E-state index contributed by atoms with van der Waals surface area (Å²) < 4.78 is 5.09. The molecule has 1 aromatic heterocycles. The molecule has 1 aromatic rings. The van der Waals surface area contributed by atoms with E-state index in [4.69, 9.17) is 10.2 Å². The SMILES string of the molecule is Cc1nnc(NC(=O)CN2CCC(N)C(C)C2)o1. The summed E-state index contributed by atoms with van der Waals surface area (Å²) >= 11 is 0. The first-order valence-electron chi connectivity index (χ1n) is 6.12. The smallest absolute Gasteiger partial charge is 0.322 e. The van der Waals surface area contributed by atoms with Crippen LogP contribution < -0.4 is 11.1 Å². The lowest BCUT2D eigenvalue weighted by molar-refractivity contribution is -0.117. The molecule has 7 nitrogen and oxygen atoms in total.